The molecule has 3 atom stereocenters. The number of aliphatic hydroxyl groups excluding tert-OH is 1. The van der Waals surface area contributed by atoms with E-state index in [4.69, 9.17) is 5.11 Å². The lowest BCUT2D eigenvalue weighted by atomic mass is 9.97. The second kappa shape index (κ2) is 5.86. The molecule has 2 amide bonds. The lowest BCUT2D eigenvalue weighted by molar-refractivity contribution is -0.140. The summed E-state index contributed by atoms with van der Waals surface area (Å²) < 4.78 is 0. The highest BCUT2D eigenvalue weighted by molar-refractivity contribution is 5.76. The molecule has 1 fully saturated rings. The van der Waals surface area contributed by atoms with Crippen LogP contribution in [0.3, 0.4) is 0 Å². The number of piperidine rings is 1. The molecule has 1 rings (SSSR count). The Labute approximate surface area is 101 Å². The van der Waals surface area contributed by atoms with Crippen LogP contribution in [0.5, 0.6) is 0 Å². The first-order valence-corrected chi connectivity index (χ1v) is 5.85. The van der Waals surface area contributed by atoms with Crippen LogP contribution in [0.4, 0.5) is 4.79 Å². The minimum absolute atomic E-state index is 0.0615. The molecule has 0 aromatic rings. The fraction of sp³-hybridized carbons (Fsp3) is 0.818. The zero-order valence-corrected chi connectivity index (χ0v) is 10.2. The van der Waals surface area contributed by atoms with Crippen molar-refractivity contribution in [1.29, 1.82) is 0 Å². The summed E-state index contributed by atoms with van der Waals surface area (Å²) >= 11 is 0. The summed E-state index contributed by atoms with van der Waals surface area (Å²) in [5, 5.41) is 20.8. The van der Waals surface area contributed by atoms with Gasteiger partial charge in [-0.15, -0.1) is 0 Å². The zero-order valence-electron chi connectivity index (χ0n) is 10.2. The summed E-state index contributed by atoms with van der Waals surface area (Å²) in [7, 11) is 0. The van der Waals surface area contributed by atoms with E-state index in [1.165, 1.54) is 0 Å². The van der Waals surface area contributed by atoms with E-state index in [1.807, 2.05) is 6.92 Å². The molecule has 1 aliphatic heterocycles. The van der Waals surface area contributed by atoms with Crippen molar-refractivity contribution in [1.82, 2.24) is 10.2 Å². The fourth-order valence-corrected chi connectivity index (χ4v) is 1.76. The van der Waals surface area contributed by atoms with Crippen LogP contribution in [-0.2, 0) is 4.79 Å². The standard InChI is InChI=1S/C11H20N2O4/c1-7(10(15)16)5-12-11(17)13-4-3-9(14)8(2)6-13/h7-9,14H,3-6H2,1-2H3,(H,12,17)(H,15,16). The van der Waals surface area contributed by atoms with Gasteiger partial charge in [-0.2, -0.15) is 0 Å². The van der Waals surface area contributed by atoms with Gasteiger partial charge in [0.2, 0.25) is 0 Å². The number of aliphatic hydroxyl groups is 1. The van der Waals surface area contributed by atoms with Gasteiger partial charge in [0.15, 0.2) is 0 Å². The number of carbonyl (C=O) groups is 2. The highest BCUT2D eigenvalue weighted by Crippen LogP contribution is 2.16. The molecule has 0 saturated carbocycles. The molecule has 0 aromatic heterocycles. The van der Waals surface area contributed by atoms with Crippen LogP contribution in [0.2, 0.25) is 0 Å². The number of carboxylic acids is 1. The smallest absolute Gasteiger partial charge is 0.317 e. The quantitative estimate of drug-likeness (QED) is 0.657. The second-order valence-corrected chi connectivity index (χ2v) is 4.70. The minimum Gasteiger partial charge on any atom is -0.481 e. The second-order valence-electron chi connectivity index (χ2n) is 4.70. The van der Waals surface area contributed by atoms with E-state index in [2.05, 4.69) is 5.32 Å². The molecule has 0 aliphatic carbocycles. The number of hydrogen-bond donors (Lipinski definition) is 3. The fourth-order valence-electron chi connectivity index (χ4n) is 1.76. The van der Waals surface area contributed by atoms with Gasteiger partial charge < -0.3 is 20.4 Å². The summed E-state index contributed by atoms with van der Waals surface area (Å²) in [5.41, 5.74) is 0. The van der Waals surface area contributed by atoms with Crippen LogP contribution in [-0.4, -0.2) is 52.9 Å². The van der Waals surface area contributed by atoms with E-state index in [1.54, 1.807) is 11.8 Å². The van der Waals surface area contributed by atoms with E-state index >= 15 is 0 Å². The summed E-state index contributed by atoms with van der Waals surface area (Å²) in [6, 6.07) is -0.253. The number of nitrogens with one attached hydrogen (secondary N) is 1. The van der Waals surface area contributed by atoms with Gasteiger partial charge in [-0.05, 0) is 12.3 Å². The maximum atomic E-state index is 11.7. The average molecular weight is 244 g/mol. The van der Waals surface area contributed by atoms with Crippen molar-refractivity contribution in [2.75, 3.05) is 19.6 Å². The first kappa shape index (κ1) is 13.8. The molecule has 6 nitrogen and oxygen atoms in total. The van der Waals surface area contributed by atoms with Crippen LogP contribution in [0, 0.1) is 11.8 Å². The molecule has 1 saturated heterocycles. The number of aliphatic carboxylic acids is 1. The van der Waals surface area contributed by atoms with Gasteiger partial charge in [0.1, 0.15) is 0 Å². The summed E-state index contributed by atoms with van der Waals surface area (Å²) in [5.74, 6) is -1.45. The molecule has 0 bridgehead atoms. The Morgan fingerprint density at radius 2 is 2.18 bits per heavy atom. The Morgan fingerprint density at radius 3 is 2.71 bits per heavy atom. The Hall–Kier alpha value is -1.30. The minimum atomic E-state index is -0.923. The number of urea groups is 1. The molecular formula is C11H20N2O4. The topological polar surface area (TPSA) is 89.9 Å². The maximum absolute atomic E-state index is 11.7. The number of carboxylic acid groups (broad SMARTS) is 1. The van der Waals surface area contributed by atoms with Crippen molar-refractivity contribution < 1.29 is 19.8 Å². The number of carbonyl (C=O) groups excluding carboxylic acids is 1. The van der Waals surface area contributed by atoms with Crippen LogP contribution < -0.4 is 5.32 Å². The van der Waals surface area contributed by atoms with E-state index in [-0.39, 0.29) is 24.6 Å². The molecule has 1 aliphatic rings. The van der Waals surface area contributed by atoms with Crippen LogP contribution >= 0.6 is 0 Å². The van der Waals surface area contributed by atoms with Crippen molar-refractivity contribution >= 4 is 12.0 Å². The zero-order chi connectivity index (χ0) is 13.0. The van der Waals surface area contributed by atoms with Gasteiger partial charge in [0.25, 0.3) is 0 Å². The maximum Gasteiger partial charge on any atom is 0.317 e. The van der Waals surface area contributed by atoms with E-state index in [0.29, 0.717) is 19.5 Å². The highest BCUT2D eigenvalue weighted by atomic mass is 16.4. The normalized spacial score (nSPS) is 26.4. The first-order chi connectivity index (χ1) is 7.91. The molecule has 0 spiro atoms. The monoisotopic (exact) mass is 244 g/mol. The largest absolute Gasteiger partial charge is 0.481 e. The molecule has 3 unspecified atom stereocenters. The molecular weight excluding hydrogens is 224 g/mol. The highest BCUT2D eigenvalue weighted by Gasteiger charge is 2.27. The summed E-state index contributed by atoms with van der Waals surface area (Å²) in [4.78, 5) is 23.9. The molecule has 98 valence electrons. The Morgan fingerprint density at radius 1 is 1.53 bits per heavy atom. The van der Waals surface area contributed by atoms with Crippen LogP contribution in [0.15, 0.2) is 0 Å². The molecule has 1 heterocycles. The van der Waals surface area contributed by atoms with Gasteiger partial charge in [0, 0.05) is 19.6 Å². The number of amides is 2. The third-order valence-corrected chi connectivity index (χ3v) is 3.13. The number of likely N-dealkylation sites (tertiary alicyclic amines) is 1. The van der Waals surface area contributed by atoms with Crippen molar-refractivity contribution in [3.05, 3.63) is 0 Å². The van der Waals surface area contributed by atoms with Crippen LogP contribution in [0.25, 0.3) is 0 Å². The van der Waals surface area contributed by atoms with Crippen molar-refractivity contribution in [3.8, 4) is 0 Å². The van der Waals surface area contributed by atoms with Gasteiger partial charge in [-0.1, -0.05) is 13.8 Å². The molecule has 0 aromatic carbocycles. The summed E-state index contributed by atoms with van der Waals surface area (Å²) in [6.07, 6.45) is 0.222. The molecule has 0 radical (unpaired) electrons. The Kier molecular flexibility index (Phi) is 4.74. The lowest BCUT2D eigenvalue weighted by Gasteiger charge is -2.34. The van der Waals surface area contributed by atoms with E-state index in [9.17, 15) is 14.7 Å². The molecule has 6 heteroatoms. The predicted octanol–water partition coefficient (Wildman–Crippen LogP) is 0.119. The van der Waals surface area contributed by atoms with Gasteiger partial charge in [-0.25, -0.2) is 4.79 Å². The predicted molar refractivity (Wildman–Crippen MR) is 61.6 cm³/mol. The Bertz CT molecular complexity index is 295. The van der Waals surface area contributed by atoms with Crippen molar-refractivity contribution in [2.24, 2.45) is 11.8 Å². The summed E-state index contributed by atoms with van der Waals surface area (Å²) in [6.45, 7) is 4.59. The van der Waals surface area contributed by atoms with E-state index in [0.717, 1.165) is 0 Å². The first-order valence-electron chi connectivity index (χ1n) is 5.85. The third kappa shape index (κ3) is 3.89. The molecule has 17 heavy (non-hydrogen) atoms. The van der Waals surface area contributed by atoms with Gasteiger partial charge in [-0.3, -0.25) is 4.79 Å². The van der Waals surface area contributed by atoms with E-state index < -0.39 is 11.9 Å². The Balaban J connectivity index is 2.36. The average Bonchev–Trinajstić information content (AvgIpc) is 2.28. The van der Waals surface area contributed by atoms with Gasteiger partial charge in [0.05, 0.1) is 12.0 Å². The van der Waals surface area contributed by atoms with Gasteiger partial charge >= 0.3 is 12.0 Å². The third-order valence-electron chi connectivity index (χ3n) is 3.13. The number of rotatable bonds is 3. The number of hydrogen-bond acceptors (Lipinski definition) is 3. The van der Waals surface area contributed by atoms with Crippen molar-refractivity contribution in [2.45, 2.75) is 26.4 Å². The SMILES string of the molecule is CC(CNC(=O)N1CCC(O)C(C)C1)C(=O)O. The van der Waals surface area contributed by atoms with Crippen molar-refractivity contribution in [3.63, 3.8) is 0 Å². The number of nitrogens with zero attached hydrogens (tertiary/aromatic N) is 1. The van der Waals surface area contributed by atoms with Crippen LogP contribution in [0.1, 0.15) is 20.3 Å². The lowest BCUT2D eigenvalue weighted by Crippen LogP contribution is -2.49. The molecule has 3 N–H and O–H groups in total.